The summed E-state index contributed by atoms with van der Waals surface area (Å²) >= 11 is 0. The van der Waals surface area contributed by atoms with Crippen LogP contribution in [-0.2, 0) is 4.79 Å². The molecule has 112 valence electrons. The molecule has 2 heterocycles. The maximum Gasteiger partial charge on any atom is 0.166 e. The summed E-state index contributed by atoms with van der Waals surface area (Å²) in [6.45, 7) is 4.27. The number of rotatable bonds is 0. The van der Waals surface area contributed by atoms with Crippen LogP contribution >= 0.6 is 0 Å². The molecule has 2 aliphatic carbocycles. The van der Waals surface area contributed by atoms with E-state index in [9.17, 15) is 15.0 Å². The van der Waals surface area contributed by atoms with Gasteiger partial charge in [0.05, 0.1) is 6.10 Å². The monoisotopic (exact) mass is 279 g/mol. The third kappa shape index (κ3) is 1.40. The van der Waals surface area contributed by atoms with E-state index >= 15 is 0 Å². The standard InChI is InChI=1S/C16H25NO3/c1-9-8-16-10-4-2-6-17(16)7-3-5-11(16)14(19)15(20)12(10)13(9)18/h9-13,15,18,20H,2-8H2,1H3/t9-,10?,11+,12-,13+,15-,16+/m0/s1. The van der Waals surface area contributed by atoms with Crippen LogP contribution < -0.4 is 0 Å². The smallest absolute Gasteiger partial charge is 0.166 e. The Morgan fingerprint density at radius 1 is 1.20 bits per heavy atom. The molecule has 2 bridgehead atoms. The molecule has 2 saturated carbocycles. The molecule has 2 N–H and O–H groups in total. The normalized spacial score (nSPS) is 55.5. The van der Waals surface area contributed by atoms with Gasteiger partial charge in [-0.15, -0.1) is 0 Å². The first-order valence-electron chi connectivity index (χ1n) is 8.22. The fraction of sp³-hybridized carbons (Fsp3) is 0.938. The summed E-state index contributed by atoms with van der Waals surface area (Å²) in [5.41, 5.74) is -0.0455. The number of carbonyl (C=O) groups excluding carboxylic acids is 1. The number of Topliss-reactive ketones (excluding diaryl/α,β-unsaturated/α-hetero) is 1. The molecule has 0 radical (unpaired) electrons. The van der Waals surface area contributed by atoms with E-state index in [4.69, 9.17) is 0 Å². The Balaban J connectivity index is 1.86. The topological polar surface area (TPSA) is 60.8 Å². The molecule has 0 amide bonds. The van der Waals surface area contributed by atoms with Gasteiger partial charge in [-0.05, 0) is 57.0 Å². The van der Waals surface area contributed by atoms with Crippen LogP contribution in [0.25, 0.3) is 0 Å². The fourth-order valence-corrected chi connectivity index (χ4v) is 6.12. The molecule has 0 aromatic carbocycles. The first-order valence-corrected chi connectivity index (χ1v) is 8.22. The number of hydrogen-bond donors (Lipinski definition) is 2. The van der Waals surface area contributed by atoms with Gasteiger partial charge >= 0.3 is 0 Å². The average molecular weight is 279 g/mol. The lowest BCUT2D eigenvalue weighted by atomic mass is 9.47. The maximum absolute atomic E-state index is 12.7. The molecule has 0 aromatic rings. The van der Waals surface area contributed by atoms with Crippen molar-refractivity contribution in [3.63, 3.8) is 0 Å². The highest BCUT2D eigenvalue weighted by molar-refractivity contribution is 5.88. The molecule has 20 heavy (non-hydrogen) atoms. The Kier molecular flexibility index (Phi) is 2.83. The zero-order chi connectivity index (χ0) is 14.1. The highest BCUT2D eigenvalue weighted by atomic mass is 16.3. The number of hydrogen-bond acceptors (Lipinski definition) is 4. The van der Waals surface area contributed by atoms with Gasteiger partial charge in [-0.2, -0.15) is 0 Å². The molecule has 4 aliphatic rings. The van der Waals surface area contributed by atoms with Gasteiger partial charge in [0.15, 0.2) is 5.78 Å². The second-order valence-electron chi connectivity index (χ2n) is 7.52. The third-order valence-electron chi connectivity index (χ3n) is 6.79. The highest BCUT2D eigenvalue weighted by Gasteiger charge is 2.67. The summed E-state index contributed by atoms with van der Waals surface area (Å²) in [6.07, 6.45) is 3.67. The van der Waals surface area contributed by atoms with E-state index in [2.05, 4.69) is 11.8 Å². The molecule has 4 nitrogen and oxygen atoms in total. The summed E-state index contributed by atoms with van der Waals surface area (Å²) in [7, 11) is 0. The zero-order valence-electron chi connectivity index (χ0n) is 12.2. The minimum atomic E-state index is -0.936. The molecule has 4 fully saturated rings. The van der Waals surface area contributed by atoms with E-state index in [1.54, 1.807) is 0 Å². The molecule has 0 aromatic heterocycles. The molecule has 4 heteroatoms. The molecule has 4 rings (SSSR count). The number of nitrogens with zero attached hydrogens (tertiary/aromatic N) is 1. The maximum atomic E-state index is 12.7. The van der Waals surface area contributed by atoms with Crippen molar-refractivity contribution in [1.29, 1.82) is 0 Å². The SMILES string of the molecule is C[C@H]1C[C@]23C4CCCN2CCC[C@@H]3C(=O)[C@@H](O)[C@@H]4[C@@H]1O. The summed E-state index contributed by atoms with van der Waals surface area (Å²) in [4.78, 5) is 15.2. The van der Waals surface area contributed by atoms with Gasteiger partial charge in [0.25, 0.3) is 0 Å². The van der Waals surface area contributed by atoms with E-state index < -0.39 is 12.2 Å². The van der Waals surface area contributed by atoms with Crippen molar-refractivity contribution in [2.24, 2.45) is 23.7 Å². The predicted molar refractivity (Wildman–Crippen MR) is 74.0 cm³/mol. The highest BCUT2D eigenvalue weighted by Crippen LogP contribution is 2.59. The Morgan fingerprint density at radius 2 is 1.90 bits per heavy atom. The van der Waals surface area contributed by atoms with E-state index in [0.29, 0.717) is 5.92 Å². The number of carbonyl (C=O) groups is 1. The van der Waals surface area contributed by atoms with Gasteiger partial charge in [0.1, 0.15) is 6.10 Å². The molecule has 7 atom stereocenters. The van der Waals surface area contributed by atoms with Crippen molar-refractivity contribution in [2.75, 3.05) is 13.1 Å². The Morgan fingerprint density at radius 3 is 2.65 bits per heavy atom. The lowest BCUT2D eigenvalue weighted by Crippen LogP contribution is -2.76. The van der Waals surface area contributed by atoms with Gasteiger partial charge < -0.3 is 10.2 Å². The minimum absolute atomic E-state index is 0.00255. The number of piperidine rings is 2. The number of ketones is 1. The summed E-state index contributed by atoms with van der Waals surface area (Å²) in [6, 6.07) is 0. The molecule has 1 unspecified atom stereocenters. The first kappa shape index (κ1) is 13.2. The van der Waals surface area contributed by atoms with Crippen LogP contribution in [0.1, 0.15) is 39.0 Å². The van der Waals surface area contributed by atoms with E-state index in [1.807, 2.05) is 0 Å². The molecule has 2 saturated heterocycles. The van der Waals surface area contributed by atoms with Crippen LogP contribution in [0.3, 0.4) is 0 Å². The minimum Gasteiger partial charge on any atom is -0.392 e. The quantitative estimate of drug-likeness (QED) is 0.689. The van der Waals surface area contributed by atoms with Crippen molar-refractivity contribution >= 4 is 5.78 Å². The average Bonchev–Trinajstić information content (AvgIpc) is 2.44. The van der Waals surface area contributed by atoms with Gasteiger partial charge in [-0.25, -0.2) is 0 Å². The van der Waals surface area contributed by atoms with E-state index in [-0.39, 0.29) is 29.1 Å². The van der Waals surface area contributed by atoms with Gasteiger partial charge in [-0.3, -0.25) is 9.69 Å². The van der Waals surface area contributed by atoms with Crippen molar-refractivity contribution < 1.29 is 15.0 Å². The van der Waals surface area contributed by atoms with Crippen molar-refractivity contribution in [3.05, 3.63) is 0 Å². The van der Waals surface area contributed by atoms with E-state index in [1.165, 1.54) is 0 Å². The lowest BCUT2D eigenvalue weighted by molar-refractivity contribution is -0.217. The number of aliphatic hydroxyl groups excluding tert-OH is 2. The van der Waals surface area contributed by atoms with Crippen molar-refractivity contribution in [1.82, 2.24) is 4.90 Å². The van der Waals surface area contributed by atoms with Gasteiger partial charge in [0, 0.05) is 17.4 Å². The Labute approximate surface area is 120 Å². The predicted octanol–water partition coefficient (Wildman–Crippen LogP) is 0.808. The van der Waals surface area contributed by atoms with Crippen molar-refractivity contribution in [3.8, 4) is 0 Å². The van der Waals surface area contributed by atoms with Crippen LogP contribution in [0.15, 0.2) is 0 Å². The first-order chi connectivity index (χ1) is 9.57. The largest absolute Gasteiger partial charge is 0.392 e. The van der Waals surface area contributed by atoms with Crippen LogP contribution in [0.5, 0.6) is 0 Å². The molecular formula is C16H25NO3. The van der Waals surface area contributed by atoms with Gasteiger partial charge in [-0.1, -0.05) is 6.92 Å². The zero-order valence-corrected chi connectivity index (χ0v) is 12.2. The van der Waals surface area contributed by atoms with Gasteiger partial charge in [0.2, 0.25) is 0 Å². The second kappa shape index (κ2) is 4.28. The summed E-state index contributed by atoms with van der Waals surface area (Å²) in [5.74, 6) is 0.274. The van der Waals surface area contributed by atoms with Crippen LogP contribution in [0, 0.1) is 23.7 Å². The summed E-state index contributed by atoms with van der Waals surface area (Å²) in [5, 5.41) is 21.0. The van der Waals surface area contributed by atoms with Crippen LogP contribution in [0.4, 0.5) is 0 Å². The third-order valence-corrected chi connectivity index (χ3v) is 6.79. The Hall–Kier alpha value is -0.450. The van der Waals surface area contributed by atoms with Crippen LogP contribution in [0.2, 0.25) is 0 Å². The molecule has 2 aliphatic heterocycles. The van der Waals surface area contributed by atoms with Crippen molar-refractivity contribution in [2.45, 2.75) is 56.8 Å². The van der Waals surface area contributed by atoms with Crippen LogP contribution in [-0.4, -0.2) is 51.7 Å². The summed E-state index contributed by atoms with van der Waals surface area (Å²) < 4.78 is 0. The van der Waals surface area contributed by atoms with E-state index in [0.717, 1.165) is 45.2 Å². The lowest BCUT2D eigenvalue weighted by Gasteiger charge is -2.67. The molecular weight excluding hydrogens is 254 g/mol. The second-order valence-corrected chi connectivity index (χ2v) is 7.52. The Bertz CT molecular complexity index is 437. The fourth-order valence-electron chi connectivity index (χ4n) is 6.12. The molecule has 1 spiro atoms. The number of aliphatic hydroxyl groups is 2.